The third-order valence-corrected chi connectivity index (χ3v) is 6.23. The van der Waals surface area contributed by atoms with Crippen LogP contribution in [-0.2, 0) is 9.59 Å². The van der Waals surface area contributed by atoms with Crippen molar-refractivity contribution in [3.8, 4) is 0 Å². The Morgan fingerprint density at radius 1 is 1.00 bits per heavy atom. The van der Waals surface area contributed by atoms with Gasteiger partial charge in [-0.3, -0.25) is 4.79 Å². The Balaban J connectivity index is 1.82. The van der Waals surface area contributed by atoms with Crippen molar-refractivity contribution in [2.24, 2.45) is 5.92 Å². The monoisotopic (exact) mass is 417 g/mol. The standard InChI is InChI=1S/C22H21Cl2NO3/c23-16-8-6-13(7-9-16)20-18(15-2-1-3-17(24)12-15)10-11-19(26)25(20)21(22(27)28)14-4-5-14/h1-3,6-9,12,14,18,20-21H,4-5,10-11H2,(H,27,28)/t18-,20-,21+/m1/s1. The SMILES string of the molecule is O=C(O)[C@H](C1CC1)N1C(=O)CC[C@H](c2cccc(Cl)c2)[C@H]1c1ccc(Cl)cc1. The Bertz CT molecular complexity index is 895. The number of carbonyl (C=O) groups excluding carboxylic acids is 1. The Morgan fingerprint density at radius 3 is 2.32 bits per heavy atom. The van der Waals surface area contributed by atoms with Crippen molar-refractivity contribution < 1.29 is 14.7 Å². The van der Waals surface area contributed by atoms with E-state index < -0.39 is 12.0 Å². The molecule has 1 amide bonds. The van der Waals surface area contributed by atoms with Crippen molar-refractivity contribution in [2.75, 3.05) is 0 Å². The molecule has 1 saturated carbocycles. The van der Waals surface area contributed by atoms with Crippen LogP contribution in [0.25, 0.3) is 0 Å². The highest BCUT2D eigenvalue weighted by Gasteiger charge is 2.49. The van der Waals surface area contributed by atoms with E-state index in [4.69, 9.17) is 23.2 Å². The van der Waals surface area contributed by atoms with Crippen LogP contribution in [0, 0.1) is 5.92 Å². The maximum absolute atomic E-state index is 13.0. The second-order valence-corrected chi connectivity index (χ2v) is 8.49. The summed E-state index contributed by atoms with van der Waals surface area (Å²) < 4.78 is 0. The van der Waals surface area contributed by atoms with Gasteiger partial charge in [-0.15, -0.1) is 0 Å². The summed E-state index contributed by atoms with van der Waals surface area (Å²) in [6.07, 6.45) is 2.67. The van der Waals surface area contributed by atoms with E-state index in [0.29, 0.717) is 22.9 Å². The van der Waals surface area contributed by atoms with Gasteiger partial charge in [-0.05, 0) is 60.6 Å². The lowest BCUT2D eigenvalue weighted by Crippen LogP contribution is -2.52. The average molecular weight is 418 g/mol. The van der Waals surface area contributed by atoms with E-state index >= 15 is 0 Å². The maximum Gasteiger partial charge on any atom is 0.326 e. The topological polar surface area (TPSA) is 57.6 Å². The number of carboxylic acid groups (broad SMARTS) is 1. The average Bonchev–Trinajstić information content (AvgIpc) is 3.48. The summed E-state index contributed by atoms with van der Waals surface area (Å²) in [5.74, 6) is -1.04. The van der Waals surface area contributed by atoms with Crippen molar-refractivity contribution in [1.82, 2.24) is 4.90 Å². The van der Waals surface area contributed by atoms with Crippen LogP contribution in [0.4, 0.5) is 0 Å². The summed E-state index contributed by atoms with van der Waals surface area (Å²) >= 11 is 12.3. The molecular formula is C22H21Cl2NO3. The first-order valence-electron chi connectivity index (χ1n) is 9.50. The van der Waals surface area contributed by atoms with E-state index in [9.17, 15) is 14.7 Å². The number of likely N-dealkylation sites (tertiary alicyclic amines) is 1. The summed E-state index contributed by atoms with van der Waals surface area (Å²) in [4.78, 5) is 26.7. The molecule has 1 heterocycles. The molecule has 1 saturated heterocycles. The molecule has 0 spiro atoms. The molecule has 0 aromatic heterocycles. The fraction of sp³-hybridized carbons (Fsp3) is 0.364. The molecule has 2 aromatic carbocycles. The zero-order valence-corrected chi connectivity index (χ0v) is 16.7. The molecule has 4 rings (SSSR count). The van der Waals surface area contributed by atoms with Crippen molar-refractivity contribution in [1.29, 1.82) is 0 Å². The third-order valence-electron chi connectivity index (χ3n) is 5.75. The van der Waals surface area contributed by atoms with Gasteiger partial charge in [0.2, 0.25) is 5.91 Å². The number of hydrogen-bond acceptors (Lipinski definition) is 2. The van der Waals surface area contributed by atoms with E-state index in [0.717, 1.165) is 24.0 Å². The largest absolute Gasteiger partial charge is 0.480 e. The molecule has 2 fully saturated rings. The fourth-order valence-electron chi connectivity index (χ4n) is 4.34. The molecule has 6 heteroatoms. The summed E-state index contributed by atoms with van der Waals surface area (Å²) in [5, 5.41) is 11.2. The minimum absolute atomic E-state index is 0.0226. The highest BCUT2D eigenvalue weighted by Crippen LogP contribution is 2.48. The van der Waals surface area contributed by atoms with Gasteiger partial charge in [0.1, 0.15) is 6.04 Å². The molecule has 0 bridgehead atoms. The van der Waals surface area contributed by atoms with E-state index in [1.807, 2.05) is 36.4 Å². The van der Waals surface area contributed by atoms with Crippen molar-refractivity contribution in [3.05, 3.63) is 69.7 Å². The summed E-state index contributed by atoms with van der Waals surface area (Å²) in [5.41, 5.74) is 1.92. The predicted octanol–water partition coefficient (Wildman–Crippen LogP) is 5.30. The van der Waals surface area contributed by atoms with E-state index in [1.54, 1.807) is 17.0 Å². The summed E-state index contributed by atoms with van der Waals surface area (Å²) in [7, 11) is 0. The number of carbonyl (C=O) groups is 2. The zero-order valence-electron chi connectivity index (χ0n) is 15.2. The van der Waals surface area contributed by atoms with Gasteiger partial charge < -0.3 is 10.0 Å². The number of rotatable bonds is 5. The fourth-order valence-corrected chi connectivity index (χ4v) is 4.67. The smallest absolute Gasteiger partial charge is 0.326 e. The molecule has 146 valence electrons. The Kier molecular flexibility index (Phi) is 5.35. The van der Waals surface area contributed by atoms with E-state index in [2.05, 4.69) is 0 Å². The third kappa shape index (κ3) is 3.76. The molecule has 1 aliphatic carbocycles. The van der Waals surface area contributed by atoms with Crippen LogP contribution >= 0.6 is 23.2 Å². The van der Waals surface area contributed by atoms with Gasteiger partial charge in [0.25, 0.3) is 0 Å². The first kappa shape index (κ1) is 19.3. The second kappa shape index (κ2) is 7.76. The second-order valence-electron chi connectivity index (χ2n) is 7.62. The molecule has 28 heavy (non-hydrogen) atoms. The number of piperidine rings is 1. The molecular weight excluding hydrogens is 397 g/mol. The molecule has 3 atom stereocenters. The molecule has 1 N–H and O–H groups in total. The Labute approximate surface area is 174 Å². The zero-order chi connectivity index (χ0) is 19.8. The van der Waals surface area contributed by atoms with Gasteiger partial charge in [-0.25, -0.2) is 4.79 Å². The van der Waals surface area contributed by atoms with Gasteiger partial charge >= 0.3 is 5.97 Å². The van der Waals surface area contributed by atoms with Crippen molar-refractivity contribution in [2.45, 2.75) is 43.7 Å². The molecule has 0 radical (unpaired) electrons. The van der Waals surface area contributed by atoms with Crippen LogP contribution in [0.15, 0.2) is 48.5 Å². The number of carboxylic acids is 1. The van der Waals surface area contributed by atoms with Gasteiger partial charge in [0.15, 0.2) is 0 Å². The molecule has 2 aliphatic rings. The lowest BCUT2D eigenvalue weighted by Gasteiger charge is -2.44. The van der Waals surface area contributed by atoms with Gasteiger partial charge in [0, 0.05) is 22.4 Å². The van der Waals surface area contributed by atoms with Gasteiger partial charge in [0.05, 0.1) is 6.04 Å². The highest BCUT2D eigenvalue weighted by atomic mass is 35.5. The van der Waals surface area contributed by atoms with Gasteiger partial charge in [-0.2, -0.15) is 0 Å². The number of nitrogens with zero attached hydrogens (tertiary/aromatic N) is 1. The quantitative estimate of drug-likeness (QED) is 0.717. The molecule has 1 aliphatic heterocycles. The van der Waals surface area contributed by atoms with Crippen LogP contribution in [-0.4, -0.2) is 27.9 Å². The normalized spacial score (nSPS) is 23.5. The minimum Gasteiger partial charge on any atom is -0.480 e. The van der Waals surface area contributed by atoms with E-state index in [-0.39, 0.29) is 23.8 Å². The Morgan fingerprint density at radius 2 is 1.71 bits per heavy atom. The van der Waals surface area contributed by atoms with Crippen LogP contribution in [0.5, 0.6) is 0 Å². The van der Waals surface area contributed by atoms with Crippen LogP contribution < -0.4 is 0 Å². The molecule has 2 aromatic rings. The first-order chi connectivity index (χ1) is 13.5. The van der Waals surface area contributed by atoms with Crippen molar-refractivity contribution in [3.63, 3.8) is 0 Å². The first-order valence-corrected chi connectivity index (χ1v) is 10.3. The number of amides is 1. The van der Waals surface area contributed by atoms with E-state index in [1.165, 1.54) is 0 Å². The summed E-state index contributed by atoms with van der Waals surface area (Å²) in [6, 6.07) is 13.8. The molecule has 4 nitrogen and oxygen atoms in total. The van der Waals surface area contributed by atoms with Crippen LogP contribution in [0.3, 0.4) is 0 Å². The van der Waals surface area contributed by atoms with Crippen LogP contribution in [0.2, 0.25) is 10.0 Å². The molecule has 0 unspecified atom stereocenters. The Hall–Kier alpha value is -2.04. The highest BCUT2D eigenvalue weighted by molar-refractivity contribution is 6.30. The lowest BCUT2D eigenvalue weighted by molar-refractivity contribution is -0.156. The minimum atomic E-state index is -0.929. The maximum atomic E-state index is 13.0. The predicted molar refractivity (Wildman–Crippen MR) is 109 cm³/mol. The number of aliphatic carboxylic acids is 1. The lowest BCUT2D eigenvalue weighted by atomic mass is 9.78. The number of hydrogen-bond donors (Lipinski definition) is 1. The number of halogens is 2. The van der Waals surface area contributed by atoms with Gasteiger partial charge in [-0.1, -0.05) is 47.5 Å². The number of benzene rings is 2. The summed E-state index contributed by atoms with van der Waals surface area (Å²) in [6.45, 7) is 0. The van der Waals surface area contributed by atoms with Crippen molar-refractivity contribution >= 4 is 35.1 Å². The van der Waals surface area contributed by atoms with Crippen LogP contribution in [0.1, 0.15) is 48.8 Å².